The van der Waals surface area contributed by atoms with Gasteiger partial charge in [-0.15, -0.1) is 0 Å². The van der Waals surface area contributed by atoms with Gasteiger partial charge in [0.15, 0.2) is 0 Å². The van der Waals surface area contributed by atoms with Crippen LogP contribution in [0.4, 0.5) is 10.5 Å². The minimum Gasteiger partial charge on any atom is -0.495 e. The van der Waals surface area contributed by atoms with Gasteiger partial charge < -0.3 is 15.0 Å². The highest BCUT2D eigenvalue weighted by atomic mass is 16.5. The number of benzene rings is 1. The number of nitrogens with one attached hydrogen (secondary N) is 1. The molecule has 2 amide bonds. The van der Waals surface area contributed by atoms with E-state index >= 15 is 0 Å². The number of anilines is 1. The fraction of sp³-hybridized carbons (Fsp3) is 0.429. The van der Waals surface area contributed by atoms with Crippen molar-refractivity contribution in [1.82, 2.24) is 9.80 Å². The number of nitrogens with zero attached hydrogens (tertiary/aromatic N) is 3. The third kappa shape index (κ3) is 3.39. The Balaban J connectivity index is 1.91. The number of methoxy groups -OCH3 is 1. The Hall–Kier alpha value is -2.26. The molecule has 0 unspecified atom stereocenters. The molecule has 1 N–H and O–H groups in total. The zero-order valence-electron chi connectivity index (χ0n) is 11.5. The van der Waals surface area contributed by atoms with Crippen molar-refractivity contribution in [2.24, 2.45) is 0 Å². The smallest absolute Gasteiger partial charge is 0.322 e. The number of ether oxygens (including phenoxy) is 1. The second kappa shape index (κ2) is 6.78. The fourth-order valence-corrected chi connectivity index (χ4v) is 2.15. The zero-order valence-corrected chi connectivity index (χ0v) is 11.5. The van der Waals surface area contributed by atoms with E-state index in [0.29, 0.717) is 31.1 Å². The van der Waals surface area contributed by atoms with Crippen LogP contribution in [0.15, 0.2) is 24.3 Å². The summed E-state index contributed by atoms with van der Waals surface area (Å²) in [6.45, 7) is 3.13. The van der Waals surface area contributed by atoms with E-state index in [1.54, 1.807) is 18.1 Å². The summed E-state index contributed by atoms with van der Waals surface area (Å²) >= 11 is 0. The molecule has 1 aliphatic heterocycles. The molecule has 0 atom stereocenters. The molecule has 1 aromatic carbocycles. The second-order valence-corrected chi connectivity index (χ2v) is 4.55. The summed E-state index contributed by atoms with van der Waals surface area (Å²) in [5, 5.41) is 11.5. The highest BCUT2D eigenvalue weighted by Gasteiger charge is 2.21. The lowest BCUT2D eigenvalue weighted by atomic mass is 10.3. The first-order valence-corrected chi connectivity index (χ1v) is 6.53. The summed E-state index contributed by atoms with van der Waals surface area (Å²) in [7, 11) is 1.58. The van der Waals surface area contributed by atoms with E-state index in [0.717, 1.165) is 13.1 Å². The van der Waals surface area contributed by atoms with Gasteiger partial charge in [-0.2, -0.15) is 5.26 Å². The van der Waals surface area contributed by atoms with Crippen LogP contribution in [0.3, 0.4) is 0 Å². The van der Waals surface area contributed by atoms with Gasteiger partial charge in [-0.25, -0.2) is 4.79 Å². The number of piperazine rings is 1. The van der Waals surface area contributed by atoms with Crippen LogP contribution in [0, 0.1) is 11.3 Å². The van der Waals surface area contributed by atoms with Gasteiger partial charge in [-0.1, -0.05) is 12.1 Å². The maximum absolute atomic E-state index is 12.2. The third-order valence-electron chi connectivity index (χ3n) is 3.30. The lowest BCUT2D eigenvalue weighted by molar-refractivity contribution is 0.156. The molecule has 0 aliphatic carbocycles. The molecule has 6 heteroatoms. The number of carbonyl (C=O) groups excluding carboxylic acids is 1. The molecule has 1 fully saturated rings. The molecule has 1 aliphatic rings. The highest BCUT2D eigenvalue weighted by Crippen LogP contribution is 2.23. The molecule has 106 valence electrons. The lowest BCUT2D eigenvalue weighted by Gasteiger charge is -2.33. The quantitative estimate of drug-likeness (QED) is 0.845. The maximum atomic E-state index is 12.2. The Morgan fingerprint density at radius 3 is 2.70 bits per heavy atom. The summed E-state index contributed by atoms with van der Waals surface area (Å²) in [6.07, 6.45) is 0. The summed E-state index contributed by atoms with van der Waals surface area (Å²) in [5.74, 6) is 0.643. The van der Waals surface area contributed by atoms with Crippen LogP contribution < -0.4 is 10.1 Å². The average molecular weight is 274 g/mol. The van der Waals surface area contributed by atoms with E-state index in [-0.39, 0.29) is 6.03 Å². The number of para-hydroxylation sites is 2. The molecule has 20 heavy (non-hydrogen) atoms. The minimum atomic E-state index is -0.133. The minimum absolute atomic E-state index is 0.133. The summed E-state index contributed by atoms with van der Waals surface area (Å²) in [5.41, 5.74) is 0.666. The Kier molecular flexibility index (Phi) is 4.80. The number of rotatable bonds is 3. The van der Waals surface area contributed by atoms with Crippen molar-refractivity contribution in [3.05, 3.63) is 24.3 Å². The van der Waals surface area contributed by atoms with Gasteiger partial charge in [0.2, 0.25) is 0 Å². The largest absolute Gasteiger partial charge is 0.495 e. The number of hydrogen-bond acceptors (Lipinski definition) is 4. The Morgan fingerprint density at radius 2 is 2.05 bits per heavy atom. The molecule has 2 rings (SSSR count). The lowest BCUT2D eigenvalue weighted by Crippen LogP contribution is -2.50. The number of nitriles is 1. The summed E-state index contributed by atoms with van der Waals surface area (Å²) in [4.78, 5) is 16.0. The number of amides is 2. The van der Waals surface area contributed by atoms with Gasteiger partial charge in [0.1, 0.15) is 5.75 Å². The van der Waals surface area contributed by atoms with Crippen LogP contribution in [-0.4, -0.2) is 55.7 Å². The van der Waals surface area contributed by atoms with Gasteiger partial charge in [0.25, 0.3) is 0 Å². The molecule has 1 aromatic rings. The van der Waals surface area contributed by atoms with Crippen molar-refractivity contribution in [3.8, 4) is 11.8 Å². The van der Waals surface area contributed by atoms with Crippen molar-refractivity contribution in [1.29, 1.82) is 5.26 Å². The van der Waals surface area contributed by atoms with Gasteiger partial charge >= 0.3 is 6.03 Å². The molecule has 0 radical (unpaired) electrons. The average Bonchev–Trinajstić information content (AvgIpc) is 2.49. The molecule has 6 nitrogen and oxygen atoms in total. The van der Waals surface area contributed by atoms with E-state index < -0.39 is 0 Å². The molecule has 0 spiro atoms. The number of urea groups is 1. The maximum Gasteiger partial charge on any atom is 0.322 e. The number of hydrogen-bond donors (Lipinski definition) is 1. The normalized spacial score (nSPS) is 15.5. The first-order valence-electron chi connectivity index (χ1n) is 6.53. The van der Waals surface area contributed by atoms with E-state index in [1.165, 1.54) is 0 Å². The first kappa shape index (κ1) is 14.2. The van der Waals surface area contributed by atoms with Crippen molar-refractivity contribution in [3.63, 3.8) is 0 Å². The topological polar surface area (TPSA) is 68.6 Å². The van der Waals surface area contributed by atoms with Crippen LogP contribution in [0.2, 0.25) is 0 Å². The van der Waals surface area contributed by atoms with Gasteiger partial charge in [-0.05, 0) is 12.1 Å². The van der Waals surface area contributed by atoms with Gasteiger partial charge in [0, 0.05) is 26.2 Å². The summed E-state index contributed by atoms with van der Waals surface area (Å²) in [6, 6.07) is 9.31. The molecule has 1 heterocycles. The molecule has 0 aromatic heterocycles. The van der Waals surface area contributed by atoms with E-state index in [1.807, 2.05) is 23.1 Å². The second-order valence-electron chi connectivity index (χ2n) is 4.55. The van der Waals surface area contributed by atoms with Crippen LogP contribution in [-0.2, 0) is 0 Å². The van der Waals surface area contributed by atoms with Crippen LogP contribution in [0.25, 0.3) is 0 Å². The van der Waals surface area contributed by atoms with Crippen LogP contribution >= 0.6 is 0 Å². The molecule has 1 saturated heterocycles. The van der Waals surface area contributed by atoms with Crippen molar-refractivity contribution in [2.75, 3.05) is 45.2 Å². The highest BCUT2D eigenvalue weighted by molar-refractivity contribution is 5.91. The molecular formula is C14H18N4O2. The Labute approximate surface area is 118 Å². The molecule has 0 bridgehead atoms. The predicted molar refractivity (Wildman–Crippen MR) is 75.6 cm³/mol. The van der Waals surface area contributed by atoms with E-state index in [2.05, 4.69) is 11.4 Å². The van der Waals surface area contributed by atoms with E-state index in [4.69, 9.17) is 10.00 Å². The van der Waals surface area contributed by atoms with Crippen molar-refractivity contribution < 1.29 is 9.53 Å². The van der Waals surface area contributed by atoms with Crippen LogP contribution in [0.1, 0.15) is 0 Å². The first-order chi connectivity index (χ1) is 9.74. The van der Waals surface area contributed by atoms with E-state index in [9.17, 15) is 4.79 Å². The number of carbonyl (C=O) groups is 1. The van der Waals surface area contributed by atoms with Gasteiger partial charge in [-0.3, -0.25) is 4.90 Å². The Morgan fingerprint density at radius 1 is 1.35 bits per heavy atom. The SMILES string of the molecule is COc1ccccc1NC(=O)N1CCN(CC#N)CC1. The van der Waals surface area contributed by atoms with Crippen molar-refractivity contribution >= 4 is 11.7 Å². The van der Waals surface area contributed by atoms with Crippen molar-refractivity contribution in [2.45, 2.75) is 0 Å². The zero-order chi connectivity index (χ0) is 14.4. The fourth-order valence-electron chi connectivity index (χ4n) is 2.15. The molecular weight excluding hydrogens is 256 g/mol. The monoisotopic (exact) mass is 274 g/mol. The van der Waals surface area contributed by atoms with Crippen LogP contribution in [0.5, 0.6) is 5.75 Å². The third-order valence-corrected chi connectivity index (χ3v) is 3.30. The van der Waals surface area contributed by atoms with Gasteiger partial charge in [0.05, 0.1) is 25.4 Å². The molecule has 0 saturated carbocycles. The summed E-state index contributed by atoms with van der Waals surface area (Å²) < 4.78 is 5.21. The standard InChI is InChI=1S/C14H18N4O2/c1-20-13-5-3-2-4-12(13)16-14(19)18-10-8-17(7-6-15)9-11-18/h2-5H,7-11H2,1H3,(H,16,19). The Bertz CT molecular complexity index is 504. The predicted octanol–water partition coefficient (Wildman–Crippen LogP) is 1.37.